The van der Waals surface area contributed by atoms with Gasteiger partial charge in [0.15, 0.2) is 0 Å². The van der Waals surface area contributed by atoms with Gasteiger partial charge in [-0.05, 0) is 78.5 Å². The molecule has 0 radical (unpaired) electrons. The van der Waals surface area contributed by atoms with E-state index >= 15 is 0 Å². The normalized spacial score (nSPS) is 43.3. The van der Waals surface area contributed by atoms with Gasteiger partial charge in [-0.1, -0.05) is 13.0 Å². The molecule has 2 N–H and O–H groups in total. The van der Waals surface area contributed by atoms with E-state index in [9.17, 15) is 10.2 Å². The van der Waals surface area contributed by atoms with Crippen LogP contribution in [0.3, 0.4) is 0 Å². The van der Waals surface area contributed by atoms with Crippen LogP contribution in [-0.2, 0) is 11.2 Å². The number of hydrogen-bond acceptors (Lipinski definition) is 3. The van der Waals surface area contributed by atoms with Crippen LogP contribution >= 0.6 is 0 Å². The van der Waals surface area contributed by atoms with Crippen LogP contribution in [0.4, 0.5) is 0 Å². The predicted octanol–water partition coefficient (Wildman–Crippen LogP) is 3.23. The summed E-state index contributed by atoms with van der Waals surface area (Å²) < 4.78 is 5.56. The van der Waals surface area contributed by atoms with Crippen molar-refractivity contribution in [1.29, 1.82) is 0 Å². The number of benzene rings is 1. The molecular weight excluding hydrogens is 276 g/mol. The summed E-state index contributed by atoms with van der Waals surface area (Å²) in [5.41, 5.74) is 2.77. The van der Waals surface area contributed by atoms with Crippen molar-refractivity contribution in [3.05, 3.63) is 29.3 Å². The fraction of sp³-hybridized carbons (Fsp3) is 0.684. The summed E-state index contributed by atoms with van der Waals surface area (Å²) in [7, 11) is 1.73. The van der Waals surface area contributed by atoms with Gasteiger partial charge in [0, 0.05) is 7.11 Å². The van der Waals surface area contributed by atoms with E-state index in [0.29, 0.717) is 23.5 Å². The van der Waals surface area contributed by atoms with Crippen molar-refractivity contribution in [1.82, 2.24) is 0 Å². The smallest absolute Gasteiger partial charge is 0.115 e. The number of rotatable bonds is 1. The highest BCUT2D eigenvalue weighted by Gasteiger charge is 2.58. The molecule has 120 valence electrons. The van der Waals surface area contributed by atoms with Crippen molar-refractivity contribution in [3.63, 3.8) is 0 Å². The summed E-state index contributed by atoms with van der Waals surface area (Å²) in [5, 5.41) is 20.4. The van der Waals surface area contributed by atoms with Gasteiger partial charge in [0.25, 0.3) is 0 Å². The van der Waals surface area contributed by atoms with Crippen LogP contribution in [0.5, 0.6) is 5.75 Å². The van der Waals surface area contributed by atoms with Crippen molar-refractivity contribution < 1.29 is 14.9 Å². The van der Waals surface area contributed by atoms with Crippen LogP contribution in [0.2, 0.25) is 0 Å². The number of fused-ring (bicyclic) bond motifs is 5. The Morgan fingerprint density at radius 2 is 2.09 bits per heavy atom. The molecule has 3 aliphatic rings. The van der Waals surface area contributed by atoms with Gasteiger partial charge < -0.3 is 14.9 Å². The van der Waals surface area contributed by atoms with E-state index in [-0.39, 0.29) is 17.6 Å². The maximum absolute atomic E-state index is 10.7. The summed E-state index contributed by atoms with van der Waals surface area (Å²) in [5.74, 6) is 2.16. The molecule has 2 fully saturated rings. The average Bonchev–Trinajstić information content (AvgIpc) is 2.78. The summed E-state index contributed by atoms with van der Waals surface area (Å²) in [6.45, 7) is 2.27. The van der Waals surface area contributed by atoms with E-state index < -0.39 is 0 Å². The highest BCUT2D eigenvalue weighted by atomic mass is 16.5. The Labute approximate surface area is 132 Å². The first-order valence-electron chi connectivity index (χ1n) is 8.57. The van der Waals surface area contributed by atoms with Crippen LogP contribution in [0.1, 0.15) is 49.7 Å². The molecule has 0 spiro atoms. The van der Waals surface area contributed by atoms with Gasteiger partial charge in [-0.25, -0.2) is 0 Å². The number of phenols is 1. The summed E-state index contributed by atoms with van der Waals surface area (Å²) in [6, 6.07) is 5.90. The molecule has 1 aromatic rings. The second-order valence-electron chi connectivity index (χ2n) is 7.80. The minimum atomic E-state index is -0.329. The number of methoxy groups -OCH3 is 1. The minimum Gasteiger partial charge on any atom is -0.508 e. The van der Waals surface area contributed by atoms with Crippen molar-refractivity contribution >= 4 is 0 Å². The van der Waals surface area contributed by atoms with Gasteiger partial charge in [0.05, 0.1) is 12.2 Å². The number of phenolic OH excluding ortho intramolecular Hbond substituents is 1. The van der Waals surface area contributed by atoms with Crippen molar-refractivity contribution in [2.75, 3.05) is 7.11 Å². The standard InChI is InChI=1S/C19H26O3/c1-19-8-7-14-13-6-4-12(20)9-11(13)3-5-15(14)16(19)10-17(22-2)18(19)21/h4,6,9,14-18,20-21H,3,5,7-8,10H2,1-2H3/t14-,15-,16+,17?,18-,19+/m1/s1. The Kier molecular flexibility index (Phi) is 3.28. The summed E-state index contributed by atoms with van der Waals surface area (Å²) >= 11 is 0. The van der Waals surface area contributed by atoms with Crippen molar-refractivity contribution in [2.24, 2.45) is 17.3 Å². The van der Waals surface area contributed by atoms with Crippen LogP contribution in [0.15, 0.2) is 18.2 Å². The lowest BCUT2D eigenvalue weighted by Gasteiger charge is -2.49. The molecule has 6 atom stereocenters. The zero-order valence-electron chi connectivity index (χ0n) is 13.5. The van der Waals surface area contributed by atoms with Crippen molar-refractivity contribution in [2.45, 2.75) is 57.2 Å². The summed E-state index contributed by atoms with van der Waals surface area (Å²) in [4.78, 5) is 0. The van der Waals surface area contributed by atoms with E-state index in [0.717, 1.165) is 25.7 Å². The maximum Gasteiger partial charge on any atom is 0.115 e. The van der Waals surface area contributed by atoms with E-state index in [1.165, 1.54) is 17.5 Å². The molecule has 2 saturated carbocycles. The molecular formula is C19H26O3. The first kappa shape index (κ1) is 14.5. The van der Waals surface area contributed by atoms with Gasteiger partial charge in [0.2, 0.25) is 0 Å². The molecule has 1 aromatic carbocycles. The molecule has 0 aliphatic heterocycles. The lowest BCUT2D eigenvalue weighted by Crippen LogP contribution is -2.45. The molecule has 3 nitrogen and oxygen atoms in total. The van der Waals surface area contributed by atoms with Gasteiger partial charge in [-0.2, -0.15) is 0 Å². The quantitative estimate of drug-likeness (QED) is 0.837. The van der Waals surface area contributed by atoms with Gasteiger partial charge >= 0.3 is 0 Å². The Morgan fingerprint density at radius 3 is 2.86 bits per heavy atom. The van der Waals surface area contributed by atoms with Crippen LogP contribution in [-0.4, -0.2) is 29.5 Å². The number of hydrogen-bond donors (Lipinski definition) is 2. The van der Waals surface area contributed by atoms with E-state index in [1.54, 1.807) is 7.11 Å². The fourth-order valence-corrected chi connectivity index (χ4v) is 5.76. The second kappa shape index (κ2) is 4.97. The molecule has 22 heavy (non-hydrogen) atoms. The largest absolute Gasteiger partial charge is 0.508 e. The number of aromatic hydroxyl groups is 1. The number of aryl methyl sites for hydroxylation is 1. The van der Waals surface area contributed by atoms with Crippen LogP contribution in [0.25, 0.3) is 0 Å². The fourth-order valence-electron chi connectivity index (χ4n) is 5.76. The molecule has 3 heteroatoms. The first-order chi connectivity index (χ1) is 10.5. The Morgan fingerprint density at radius 1 is 1.27 bits per heavy atom. The Bertz CT molecular complexity index is 584. The van der Waals surface area contributed by atoms with E-state index in [4.69, 9.17) is 4.74 Å². The lowest BCUT2D eigenvalue weighted by atomic mass is 9.55. The van der Waals surface area contributed by atoms with Gasteiger partial charge in [0.1, 0.15) is 5.75 Å². The molecule has 4 rings (SSSR count). The molecule has 1 unspecified atom stereocenters. The van der Waals surface area contributed by atoms with E-state index in [2.05, 4.69) is 13.0 Å². The lowest BCUT2D eigenvalue weighted by molar-refractivity contribution is -0.0607. The molecule has 0 aromatic heterocycles. The van der Waals surface area contributed by atoms with Crippen molar-refractivity contribution in [3.8, 4) is 5.75 Å². The minimum absolute atomic E-state index is 0.00466. The maximum atomic E-state index is 10.7. The molecule has 0 saturated heterocycles. The highest BCUT2D eigenvalue weighted by molar-refractivity contribution is 5.40. The third-order valence-corrected chi connectivity index (χ3v) is 6.96. The number of aliphatic hydroxyl groups excluding tert-OH is 1. The molecule has 0 amide bonds. The Hall–Kier alpha value is -1.06. The number of aliphatic hydroxyl groups is 1. The van der Waals surface area contributed by atoms with Gasteiger partial charge in [-0.15, -0.1) is 0 Å². The SMILES string of the molecule is COC1C[C@H]2[C@@H]3CCc4cc(O)ccc4[C@H]3CC[C@]2(C)[C@@H]1O. The molecule has 3 aliphatic carbocycles. The first-order valence-corrected chi connectivity index (χ1v) is 8.57. The average molecular weight is 302 g/mol. The highest BCUT2D eigenvalue weighted by Crippen LogP contribution is 2.61. The van der Waals surface area contributed by atoms with Gasteiger partial charge in [-0.3, -0.25) is 0 Å². The summed E-state index contributed by atoms with van der Waals surface area (Å²) in [6.07, 6.45) is 5.08. The van der Waals surface area contributed by atoms with Crippen LogP contribution in [0, 0.1) is 17.3 Å². The third kappa shape index (κ3) is 1.88. The second-order valence-corrected chi connectivity index (χ2v) is 7.80. The van der Waals surface area contributed by atoms with E-state index in [1.807, 2.05) is 12.1 Å². The van der Waals surface area contributed by atoms with Crippen LogP contribution < -0.4 is 0 Å². The zero-order chi connectivity index (χ0) is 15.5. The third-order valence-electron chi connectivity index (χ3n) is 6.96. The monoisotopic (exact) mass is 302 g/mol. The zero-order valence-corrected chi connectivity index (χ0v) is 13.5. The molecule has 0 heterocycles. The molecule has 0 bridgehead atoms. The predicted molar refractivity (Wildman–Crippen MR) is 84.9 cm³/mol. The topological polar surface area (TPSA) is 49.7 Å². The number of ether oxygens (including phenoxy) is 1. The Balaban J connectivity index is 1.69.